The molecular weight excluding hydrogens is 391 g/mol. The summed E-state index contributed by atoms with van der Waals surface area (Å²) in [6.45, 7) is 1.87. The summed E-state index contributed by atoms with van der Waals surface area (Å²) in [5.41, 5.74) is 1.94. The standard InChI is InChI=1S/C19H16Cl2N2O2S/c1-12-4-2-3-5-17(12)25-11-18(24)23-19-22-10-15(26-19)8-13-6-7-14(20)9-16(13)21/h2-7,9-10H,8,11H2,1H3,(H,22,23,24). The van der Waals surface area contributed by atoms with Gasteiger partial charge >= 0.3 is 0 Å². The van der Waals surface area contributed by atoms with E-state index >= 15 is 0 Å². The lowest BCUT2D eigenvalue weighted by molar-refractivity contribution is -0.118. The van der Waals surface area contributed by atoms with E-state index in [4.69, 9.17) is 27.9 Å². The van der Waals surface area contributed by atoms with Crippen LogP contribution in [0, 0.1) is 6.92 Å². The van der Waals surface area contributed by atoms with Gasteiger partial charge in [-0.05, 0) is 36.2 Å². The molecule has 3 rings (SSSR count). The number of ether oxygens (including phenoxy) is 1. The number of halogens is 2. The Morgan fingerprint density at radius 3 is 2.81 bits per heavy atom. The minimum absolute atomic E-state index is 0.0667. The van der Waals surface area contributed by atoms with E-state index in [2.05, 4.69) is 10.3 Å². The fourth-order valence-corrected chi connectivity index (χ4v) is 3.64. The maximum Gasteiger partial charge on any atom is 0.264 e. The Morgan fingerprint density at radius 1 is 1.23 bits per heavy atom. The molecule has 7 heteroatoms. The van der Waals surface area contributed by atoms with Gasteiger partial charge in [0, 0.05) is 27.5 Å². The van der Waals surface area contributed by atoms with Gasteiger partial charge in [-0.25, -0.2) is 4.98 Å². The smallest absolute Gasteiger partial charge is 0.264 e. The molecule has 1 amide bonds. The fourth-order valence-electron chi connectivity index (χ4n) is 2.32. The molecule has 2 aromatic carbocycles. The molecule has 0 aliphatic carbocycles. The summed E-state index contributed by atoms with van der Waals surface area (Å²) in [6, 6.07) is 13.0. The summed E-state index contributed by atoms with van der Waals surface area (Å²) >= 11 is 13.5. The van der Waals surface area contributed by atoms with Crippen LogP contribution in [0.15, 0.2) is 48.7 Å². The van der Waals surface area contributed by atoms with Crippen LogP contribution in [0.2, 0.25) is 10.0 Å². The average Bonchev–Trinajstić information content (AvgIpc) is 3.04. The Hall–Kier alpha value is -2.08. The van der Waals surface area contributed by atoms with Gasteiger partial charge in [-0.15, -0.1) is 11.3 Å². The number of hydrogen-bond acceptors (Lipinski definition) is 4. The SMILES string of the molecule is Cc1ccccc1OCC(=O)Nc1ncc(Cc2ccc(Cl)cc2Cl)s1. The Balaban J connectivity index is 1.56. The summed E-state index contributed by atoms with van der Waals surface area (Å²) in [5, 5.41) is 4.50. The number of carbonyl (C=O) groups is 1. The van der Waals surface area contributed by atoms with Gasteiger partial charge < -0.3 is 4.74 Å². The van der Waals surface area contributed by atoms with Crippen molar-refractivity contribution in [2.24, 2.45) is 0 Å². The monoisotopic (exact) mass is 406 g/mol. The van der Waals surface area contributed by atoms with E-state index < -0.39 is 0 Å². The lowest BCUT2D eigenvalue weighted by atomic mass is 10.1. The number of amides is 1. The molecule has 1 heterocycles. The van der Waals surface area contributed by atoms with E-state index in [1.54, 1.807) is 18.3 Å². The summed E-state index contributed by atoms with van der Waals surface area (Å²) in [6.07, 6.45) is 2.36. The third-order valence-corrected chi connectivity index (χ3v) is 5.13. The zero-order valence-corrected chi connectivity index (χ0v) is 16.3. The molecule has 0 fully saturated rings. The highest BCUT2D eigenvalue weighted by molar-refractivity contribution is 7.15. The first kappa shape index (κ1) is 18.7. The average molecular weight is 407 g/mol. The van der Waals surface area contributed by atoms with Gasteiger partial charge in [-0.3, -0.25) is 10.1 Å². The largest absolute Gasteiger partial charge is 0.483 e. The van der Waals surface area contributed by atoms with Crippen LogP contribution in [-0.2, 0) is 11.2 Å². The third-order valence-electron chi connectivity index (χ3n) is 3.63. The van der Waals surface area contributed by atoms with E-state index in [1.165, 1.54) is 11.3 Å². The van der Waals surface area contributed by atoms with Gasteiger partial charge in [-0.2, -0.15) is 0 Å². The highest BCUT2D eigenvalue weighted by Crippen LogP contribution is 2.27. The van der Waals surface area contributed by atoms with Crippen molar-refractivity contribution in [3.8, 4) is 5.75 Å². The molecule has 0 aliphatic rings. The van der Waals surface area contributed by atoms with Crippen LogP contribution in [0.25, 0.3) is 0 Å². The second-order valence-corrected chi connectivity index (χ2v) is 7.61. The van der Waals surface area contributed by atoms with Crippen molar-refractivity contribution >= 4 is 45.6 Å². The van der Waals surface area contributed by atoms with E-state index in [9.17, 15) is 4.79 Å². The molecule has 0 spiro atoms. The van der Waals surface area contributed by atoms with Crippen molar-refractivity contribution in [3.05, 3.63) is 74.7 Å². The molecule has 1 aromatic heterocycles. The Kier molecular flexibility index (Phi) is 6.14. The van der Waals surface area contributed by atoms with Gasteiger partial charge in [0.25, 0.3) is 5.91 Å². The van der Waals surface area contributed by atoms with Crippen LogP contribution in [-0.4, -0.2) is 17.5 Å². The molecule has 1 N–H and O–H groups in total. The molecule has 0 atom stereocenters. The number of para-hydroxylation sites is 1. The van der Waals surface area contributed by atoms with Crippen LogP contribution in [0.5, 0.6) is 5.75 Å². The Morgan fingerprint density at radius 2 is 2.04 bits per heavy atom. The number of aromatic nitrogens is 1. The summed E-state index contributed by atoms with van der Waals surface area (Å²) in [7, 11) is 0. The summed E-state index contributed by atoms with van der Waals surface area (Å²) < 4.78 is 5.54. The van der Waals surface area contributed by atoms with Gasteiger partial charge in [0.2, 0.25) is 0 Å². The van der Waals surface area contributed by atoms with Crippen molar-refractivity contribution in [3.63, 3.8) is 0 Å². The second kappa shape index (κ2) is 8.54. The zero-order valence-electron chi connectivity index (χ0n) is 14.0. The van der Waals surface area contributed by atoms with Gasteiger partial charge in [0.05, 0.1) is 0 Å². The molecular formula is C19H16Cl2N2O2S. The number of nitrogens with one attached hydrogen (secondary N) is 1. The van der Waals surface area contributed by atoms with Crippen LogP contribution in [0.4, 0.5) is 5.13 Å². The van der Waals surface area contributed by atoms with Crippen molar-refractivity contribution in [1.29, 1.82) is 0 Å². The lowest BCUT2D eigenvalue weighted by Gasteiger charge is -2.08. The Bertz CT molecular complexity index is 927. The van der Waals surface area contributed by atoms with Crippen LogP contribution < -0.4 is 10.1 Å². The minimum Gasteiger partial charge on any atom is -0.483 e. The lowest BCUT2D eigenvalue weighted by Crippen LogP contribution is -2.20. The van der Waals surface area contributed by atoms with Crippen LogP contribution in [0.1, 0.15) is 16.0 Å². The summed E-state index contributed by atoms with van der Waals surface area (Å²) in [4.78, 5) is 17.3. The molecule has 4 nitrogen and oxygen atoms in total. The van der Waals surface area contributed by atoms with Gasteiger partial charge in [0.1, 0.15) is 5.75 Å². The number of aryl methyl sites for hydroxylation is 1. The molecule has 134 valence electrons. The minimum atomic E-state index is -0.251. The zero-order chi connectivity index (χ0) is 18.5. The third kappa shape index (κ3) is 4.97. The van der Waals surface area contributed by atoms with E-state index in [-0.39, 0.29) is 12.5 Å². The van der Waals surface area contributed by atoms with E-state index in [0.717, 1.165) is 16.0 Å². The quantitative estimate of drug-likeness (QED) is 0.598. The van der Waals surface area contributed by atoms with E-state index in [1.807, 2.05) is 37.3 Å². The number of rotatable bonds is 6. The molecule has 26 heavy (non-hydrogen) atoms. The molecule has 0 saturated carbocycles. The Labute approximate surface area is 165 Å². The predicted molar refractivity (Wildman–Crippen MR) is 107 cm³/mol. The number of hydrogen-bond donors (Lipinski definition) is 1. The molecule has 0 aliphatic heterocycles. The van der Waals surface area contributed by atoms with Crippen molar-refractivity contribution in [2.75, 3.05) is 11.9 Å². The first-order valence-corrected chi connectivity index (χ1v) is 9.45. The first-order valence-electron chi connectivity index (χ1n) is 7.88. The second-order valence-electron chi connectivity index (χ2n) is 5.65. The molecule has 0 unspecified atom stereocenters. The highest BCUT2D eigenvalue weighted by atomic mass is 35.5. The molecule has 0 radical (unpaired) electrons. The normalized spacial score (nSPS) is 10.6. The van der Waals surface area contributed by atoms with Gasteiger partial charge in [0.15, 0.2) is 11.7 Å². The number of benzene rings is 2. The number of anilines is 1. The predicted octanol–water partition coefficient (Wildman–Crippen LogP) is 5.37. The molecule has 0 bridgehead atoms. The molecule has 3 aromatic rings. The van der Waals surface area contributed by atoms with Crippen molar-refractivity contribution < 1.29 is 9.53 Å². The number of thiazole rings is 1. The van der Waals surface area contributed by atoms with Crippen molar-refractivity contribution in [2.45, 2.75) is 13.3 Å². The van der Waals surface area contributed by atoms with Crippen LogP contribution >= 0.6 is 34.5 Å². The number of nitrogens with zero attached hydrogens (tertiary/aromatic N) is 1. The highest BCUT2D eigenvalue weighted by Gasteiger charge is 2.10. The van der Waals surface area contributed by atoms with Crippen molar-refractivity contribution in [1.82, 2.24) is 4.98 Å². The topological polar surface area (TPSA) is 51.2 Å². The first-order chi connectivity index (χ1) is 12.5. The van der Waals surface area contributed by atoms with E-state index in [0.29, 0.717) is 27.3 Å². The maximum absolute atomic E-state index is 12.1. The number of carbonyl (C=O) groups excluding carboxylic acids is 1. The molecule has 0 saturated heterocycles. The summed E-state index contributed by atoms with van der Waals surface area (Å²) in [5.74, 6) is 0.443. The fraction of sp³-hybridized carbons (Fsp3) is 0.158. The maximum atomic E-state index is 12.1. The van der Waals surface area contributed by atoms with Gasteiger partial charge in [-0.1, -0.05) is 47.5 Å². The van der Waals surface area contributed by atoms with Crippen LogP contribution in [0.3, 0.4) is 0 Å².